The van der Waals surface area contributed by atoms with Crippen molar-refractivity contribution in [3.05, 3.63) is 13.2 Å². The van der Waals surface area contributed by atoms with Crippen LogP contribution in [0, 0.1) is 51.2 Å². The Morgan fingerprint density at radius 3 is 2.00 bits per heavy atom. The summed E-state index contributed by atoms with van der Waals surface area (Å²) >= 11 is 0. The second kappa shape index (κ2) is 12.4. The normalized spacial score (nSPS) is 44.4. The summed E-state index contributed by atoms with van der Waals surface area (Å²) in [6.07, 6.45) is 13.5. The fourth-order valence-electron chi connectivity index (χ4n) is 10.5. The zero-order valence-corrected chi connectivity index (χ0v) is 25.3. The molecule has 0 amide bonds. The Hall–Kier alpha value is -0.790. The van der Waals surface area contributed by atoms with Gasteiger partial charge in [-0.15, -0.1) is 13.2 Å². The van der Waals surface area contributed by atoms with Gasteiger partial charge in [0.1, 0.15) is 6.10 Å². The van der Waals surface area contributed by atoms with E-state index in [0.29, 0.717) is 22.2 Å². The van der Waals surface area contributed by atoms with Crippen LogP contribution in [-0.4, -0.2) is 12.1 Å². The fraction of sp³-hybridized carbons (Fsp3) is 0.912. The van der Waals surface area contributed by atoms with Crippen molar-refractivity contribution in [1.29, 1.82) is 0 Å². The molecule has 0 spiro atoms. The minimum atomic E-state index is -0.103. The van der Waals surface area contributed by atoms with Crippen LogP contribution in [0.15, 0.2) is 13.2 Å². The molecule has 0 aromatic rings. The molecule has 4 aliphatic carbocycles. The van der Waals surface area contributed by atoms with Gasteiger partial charge in [0.2, 0.25) is 0 Å². The van der Waals surface area contributed by atoms with Gasteiger partial charge in [-0.1, -0.05) is 82.6 Å². The number of carbonyl (C=O) groups excluding carboxylic acids is 1. The molecule has 2 heteroatoms. The van der Waals surface area contributed by atoms with Crippen LogP contribution >= 0.6 is 0 Å². The lowest BCUT2D eigenvalue weighted by Gasteiger charge is -2.72. The highest BCUT2D eigenvalue weighted by Gasteiger charge is 2.68. The molecule has 0 radical (unpaired) electrons. The molecule has 4 fully saturated rings. The second-order valence-corrected chi connectivity index (χ2v) is 13.6. The van der Waals surface area contributed by atoms with Crippen LogP contribution in [0.5, 0.6) is 0 Å². The van der Waals surface area contributed by atoms with E-state index in [-0.39, 0.29) is 24.9 Å². The smallest absolute Gasteiger partial charge is 0.302 e. The zero-order valence-electron chi connectivity index (χ0n) is 25.3. The Morgan fingerprint density at radius 1 is 0.861 bits per heavy atom. The molecule has 36 heavy (non-hydrogen) atoms. The van der Waals surface area contributed by atoms with E-state index < -0.39 is 0 Å². The molecule has 0 saturated heterocycles. The van der Waals surface area contributed by atoms with E-state index in [1.54, 1.807) is 6.92 Å². The van der Waals surface area contributed by atoms with Gasteiger partial charge in [0, 0.05) is 12.3 Å². The average Bonchev–Trinajstić information content (AvgIpc) is 2.81. The lowest BCUT2D eigenvalue weighted by atomic mass is 9.33. The lowest BCUT2D eigenvalue weighted by molar-refractivity contribution is -0.243. The molecule has 4 saturated carbocycles. The Bertz CT molecular complexity index is 712. The van der Waals surface area contributed by atoms with Crippen LogP contribution in [0.4, 0.5) is 0 Å². The highest BCUT2D eigenvalue weighted by Crippen LogP contribution is 2.75. The van der Waals surface area contributed by atoms with Crippen LogP contribution in [0.1, 0.15) is 141 Å². The van der Waals surface area contributed by atoms with Crippen molar-refractivity contribution in [2.75, 3.05) is 0 Å². The molecule has 9 atom stereocenters. The number of hydrogen-bond donors (Lipinski definition) is 0. The van der Waals surface area contributed by atoms with E-state index in [4.69, 9.17) is 4.74 Å². The van der Waals surface area contributed by atoms with Crippen LogP contribution in [0.2, 0.25) is 0 Å². The van der Waals surface area contributed by atoms with Gasteiger partial charge in [-0.25, -0.2) is 0 Å². The van der Waals surface area contributed by atoms with Crippen molar-refractivity contribution in [3.8, 4) is 0 Å². The predicted octanol–water partition coefficient (Wildman–Crippen LogP) is 10.5. The topological polar surface area (TPSA) is 26.3 Å². The number of rotatable bonds is 3. The quantitative estimate of drug-likeness (QED) is 0.282. The summed E-state index contributed by atoms with van der Waals surface area (Å²) in [6, 6.07) is 0. The SMILES string of the molecule is C.C=C.CC.CCC[C@@H]1[C@H]2CCC3[C@@]4(C)CC[C@H](OC(C)=O)C(C)(C)C4CC[C@@]3(C)[C@]2(C)CC[C@@H]1C. The van der Waals surface area contributed by atoms with E-state index in [9.17, 15) is 4.79 Å². The third kappa shape index (κ3) is 5.10. The Morgan fingerprint density at radius 2 is 1.44 bits per heavy atom. The Labute approximate surface area is 226 Å². The molecule has 212 valence electrons. The summed E-state index contributed by atoms with van der Waals surface area (Å²) in [7, 11) is 0. The highest BCUT2D eigenvalue weighted by atomic mass is 16.5. The summed E-state index contributed by atoms with van der Waals surface area (Å²) < 4.78 is 5.88. The zero-order chi connectivity index (χ0) is 26.8. The summed E-state index contributed by atoms with van der Waals surface area (Å²) in [4.78, 5) is 11.8. The maximum absolute atomic E-state index is 11.8. The number of ether oxygens (including phenoxy) is 1. The maximum atomic E-state index is 11.8. The highest BCUT2D eigenvalue weighted by molar-refractivity contribution is 5.66. The summed E-state index contributed by atoms with van der Waals surface area (Å²) in [6.45, 7) is 29.4. The van der Waals surface area contributed by atoms with Gasteiger partial charge < -0.3 is 4.74 Å². The predicted molar refractivity (Wildman–Crippen MR) is 158 cm³/mol. The summed E-state index contributed by atoms with van der Waals surface area (Å²) in [5.41, 5.74) is 1.40. The van der Waals surface area contributed by atoms with Crippen molar-refractivity contribution in [2.24, 2.45) is 51.2 Å². The largest absolute Gasteiger partial charge is 0.462 e. The molecule has 0 heterocycles. The molecule has 2 unspecified atom stereocenters. The molecule has 4 aliphatic rings. The summed E-state index contributed by atoms with van der Waals surface area (Å²) in [5.74, 6) is 4.13. The van der Waals surface area contributed by atoms with Crippen LogP contribution < -0.4 is 0 Å². The molecular formula is C34H64O2. The van der Waals surface area contributed by atoms with Gasteiger partial charge in [-0.3, -0.25) is 4.79 Å². The molecule has 0 N–H and O–H groups in total. The van der Waals surface area contributed by atoms with E-state index in [1.165, 1.54) is 57.8 Å². The van der Waals surface area contributed by atoms with Crippen molar-refractivity contribution in [2.45, 2.75) is 147 Å². The molecular weight excluding hydrogens is 440 g/mol. The fourth-order valence-corrected chi connectivity index (χ4v) is 10.5. The molecule has 4 rings (SSSR count). The third-order valence-electron chi connectivity index (χ3n) is 12.2. The van der Waals surface area contributed by atoms with Crippen molar-refractivity contribution in [3.63, 3.8) is 0 Å². The van der Waals surface area contributed by atoms with Gasteiger partial charge in [-0.05, 0) is 97.2 Å². The molecule has 0 aromatic carbocycles. The van der Waals surface area contributed by atoms with Crippen LogP contribution in [0.3, 0.4) is 0 Å². The first-order valence-corrected chi connectivity index (χ1v) is 15.1. The van der Waals surface area contributed by atoms with Gasteiger partial charge in [0.05, 0.1) is 0 Å². The van der Waals surface area contributed by atoms with Crippen LogP contribution in [0.25, 0.3) is 0 Å². The standard InChI is InChI=1S/C29H50O2.C2H6.C2H4.CH4/c1-9-10-21-19(2)13-17-28(7)22(21)11-12-24-27(6)16-15-25(31-20(3)30)26(4,5)23(27)14-18-29(24,28)8;2*1-2;/h19,21-25H,9-18H2,1-8H3;1-2H3;1-2H2;1H4/t19-,21-,22+,23?,24?,25-,27-,28+,29+;;;/m0.../s1. The van der Waals surface area contributed by atoms with E-state index in [1.807, 2.05) is 13.8 Å². The van der Waals surface area contributed by atoms with Gasteiger partial charge >= 0.3 is 5.97 Å². The van der Waals surface area contributed by atoms with Crippen LogP contribution in [-0.2, 0) is 9.53 Å². The monoisotopic (exact) mass is 504 g/mol. The number of hydrogen-bond acceptors (Lipinski definition) is 2. The van der Waals surface area contributed by atoms with Gasteiger partial charge in [-0.2, -0.15) is 0 Å². The number of fused-ring (bicyclic) bond motifs is 5. The number of carbonyl (C=O) groups is 1. The van der Waals surface area contributed by atoms with Gasteiger partial charge in [0.15, 0.2) is 0 Å². The van der Waals surface area contributed by atoms with E-state index in [2.05, 4.69) is 61.6 Å². The minimum absolute atomic E-state index is 0. The first-order valence-electron chi connectivity index (χ1n) is 15.1. The summed E-state index contributed by atoms with van der Waals surface area (Å²) in [5, 5.41) is 0. The van der Waals surface area contributed by atoms with E-state index >= 15 is 0 Å². The maximum Gasteiger partial charge on any atom is 0.302 e. The molecule has 0 bridgehead atoms. The molecule has 0 aromatic heterocycles. The Balaban J connectivity index is 0.00000123. The van der Waals surface area contributed by atoms with Gasteiger partial charge in [0.25, 0.3) is 0 Å². The van der Waals surface area contributed by atoms with E-state index in [0.717, 1.165) is 30.1 Å². The first-order chi connectivity index (χ1) is 16.4. The average molecular weight is 505 g/mol. The lowest BCUT2D eigenvalue weighted by Crippen LogP contribution is -2.66. The van der Waals surface area contributed by atoms with Crippen molar-refractivity contribution >= 4 is 5.97 Å². The number of esters is 1. The second-order valence-electron chi connectivity index (χ2n) is 13.6. The third-order valence-corrected chi connectivity index (χ3v) is 12.2. The Kier molecular flexibility index (Phi) is 11.4. The molecule has 0 aliphatic heterocycles. The van der Waals surface area contributed by atoms with Crippen molar-refractivity contribution < 1.29 is 9.53 Å². The van der Waals surface area contributed by atoms with Crippen molar-refractivity contribution in [1.82, 2.24) is 0 Å². The first kappa shape index (κ1) is 33.2. The molecule has 2 nitrogen and oxygen atoms in total. The minimum Gasteiger partial charge on any atom is -0.462 e.